The molecule has 20 heteroatoms. The first-order chi connectivity index (χ1) is 30.6. The first-order valence-electron chi connectivity index (χ1n) is 19.7. The second kappa shape index (κ2) is 17.9. The molecule has 2 aliphatic heterocycles. The summed E-state index contributed by atoms with van der Waals surface area (Å²) in [6.07, 6.45) is 6.88. The highest BCUT2D eigenvalue weighted by Crippen LogP contribution is 2.27. The van der Waals surface area contributed by atoms with E-state index in [0.717, 1.165) is 0 Å². The Morgan fingerprint density at radius 1 is 0.719 bits per heavy atom. The number of esters is 1. The molecule has 0 spiro atoms. The number of nitrogens with zero attached hydrogens (tertiary/aromatic N) is 10. The minimum absolute atomic E-state index is 0.0157. The van der Waals surface area contributed by atoms with Crippen LogP contribution in [0.2, 0.25) is 0 Å². The van der Waals surface area contributed by atoms with Gasteiger partial charge in [0.15, 0.2) is 34.7 Å². The fourth-order valence-corrected chi connectivity index (χ4v) is 6.62. The molecule has 2 saturated heterocycles. The van der Waals surface area contributed by atoms with Crippen molar-refractivity contribution in [3.05, 3.63) is 108 Å². The number of nitrogens with two attached hydrogens (primary N) is 3. The van der Waals surface area contributed by atoms with Gasteiger partial charge in [-0.25, -0.2) is 34.1 Å². The van der Waals surface area contributed by atoms with Gasteiger partial charge in [-0.15, -0.1) is 0 Å². The van der Waals surface area contributed by atoms with Gasteiger partial charge in [-0.1, -0.05) is 47.9 Å². The molecule has 3 amide bonds. The van der Waals surface area contributed by atoms with E-state index in [9.17, 15) is 29.4 Å². The molecule has 0 aliphatic carbocycles. The van der Waals surface area contributed by atoms with Crippen molar-refractivity contribution in [1.29, 1.82) is 0 Å². The summed E-state index contributed by atoms with van der Waals surface area (Å²) in [6, 6.07) is 17.2. The molecule has 20 nitrogen and oxygen atoms in total. The molecule has 324 valence electrons. The summed E-state index contributed by atoms with van der Waals surface area (Å²) >= 11 is 0. The lowest BCUT2D eigenvalue weighted by molar-refractivity contribution is -0.138. The van der Waals surface area contributed by atoms with Gasteiger partial charge in [-0.3, -0.25) is 14.4 Å². The number of likely N-dealkylation sites (tertiary alicyclic amines) is 2. The van der Waals surface area contributed by atoms with E-state index in [1.807, 2.05) is 0 Å². The summed E-state index contributed by atoms with van der Waals surface area (Å²) in [4.78, 5) is 69.0. The number of likely N-dealkylation sites (N-methyl/N-ethyl adjacent to an activating group) is 2. The average molecular weight is 864 g/mol. The molecule has 2 atom stereocenters. The standard InChI is InChI=1S/C23H22N6O4.C21H19N7O3/c1-3-33-21(30)18-17(24)20(29-12-5-11-25-29)27-19(26-18)16-7-4-6-15(14-16)8-9-23(32)10-13-28(2)22(23)31;1-27-11-8-21(31,20(27)30)7-6-13-4-2-5-14(12-13)18-25-16(17(23)29)15(22)19(26-18)28-10-3-9-24-28/h4-7,11-12,14,32H,3,10,13,24H2,1-2H3;2-5,9-10,12,31H,8,11,22H2,1H3,(H2,23,29)/t23-;21-/m00/s1. The third-order valence-electron chi connectivity index (χ3n) is 10.1. The van der Waals surface area contributed by atoms with Crippen molar-refractivity contribution in [2.75, 3.05) is 45.3 Å². The second-order valence-electron chi connectivity index (χ2n) is 14.6. The molecule has 0 bridgehead atoms. The maximum atomic E-state index is 12.5. The number of ether oxygens (including phenoxy) is 1. The number of amides is 3. The van der Waals surface area contributed by atoms with Crippen molar-refractivity contribution in [2.24, 2.45) is 5.73 Å². The highest BCUT2D eigenvalue weighted by molar-refractivity contribution is 5.98. The maximum absolute atomic E-state index is 12.5. The third kappa shape index (κ3) is 8.95. The number of nitrogen functional groups attached to an aromatic ring is 2. The summed E-state index contributed by atoms with van der Waals surface area (Å²) in [6.45, 7) is 2.73. The molecule has 4 aromatic heterocycles. The number of hydrogen-bond donors (Lipinski definition) is 5. The number of aliphatic hydroxyl groups is 2. The molecule has 2 aromatic carbocycles. The summed E-state index contributed by atoms with van der Waals surface area (Å²) in [5.41, 5.74) is 16.3. The smallest absolute Gasteiger partial charge is 0.359 e. The molecule has 8 N–H and O–H groups in total. The van der Waals surface area contributed by atoms with E-state index in [-0.39, 0.29) is 65.5 Å². The van der Waals surface area contributed by atoms with E-state index in [4.69, 9.17) is 21.9 Å². The van der Waals surface area contributed by atoms with Gasteiger partial charge in [-0.2, -0.15) is 10.2 Å². The summed E-state index contributed by atoms with van der Waals surface area (Å²) in [5.74, 6) is 9.62. The number of anilines is 2. The normalized spacial score (nSPS) is 17.8. The Morgan fingerprint density at radius 3 is 1.56 bits per heavy atom. The molecule has 64 heavy (non-hydrogen) atoms. The average Bonchev–Trinajstić information content (AvgIpc) is 4.12. The van der Waals surface area contributed by atoms with E-state index in [2.05, 4.69) is 53.8 Å². The van der Waals surface area contributed by atoms with Crippen molar-refractivity contribution in [1.82, 2.24) is 49.3 Å². The van der Waals surface area contributed by atoms with E-state index >= 15 is 0 Å². The molecular formula is C44H41N13O7. The first-order valence-corrected chi connectivity index (χ1v) is 19.7. The van der Waals surface area contributed by atoms with Crippen molar-refractivity contribution in [3.63, 3.8) is 0 Å². The Kier molecular flexibility index (Phi) is 12.2. The van der Waals surface area contributed by atoms with Crippen LogP contribution in [0.25, 0.3) is 34.4 Å². The number of benzene rings is 2. The Morgan fingerprint density at radius 2 is 1.17 bits per heavy atom. The van der Waals surface area contributed by atoms with Crippen molar-refractivity contribution in [3.8, 4) is 58.1 Å². The largest absolute Gasteiger partial charge is 0.461 e. The maximum Gasteiger partial charge on any atom is 0.359 e. The number of hydrogen-bond acceptors (Lipinski definition) is 15. The lowest BCUT2D eigenvalue weighted by Gasteiger charge is -2.13. The van der Waals surface area contributed by atoms with Crippen LogP contribution >= 0.6 is 0 Å². The quantitative estimate of drug-likeness (QED) is 0.110. The van der Waals surface area contributed by atoms with Gasteiger partial charge >= 0.3 is 5.97 Å². The Hall–Kier alpha value is -8.46. The lowest BCUT2D eigenvalue weighted by Crippen LogP contribution is -2.37. The van der Waals surface area contributed by atoms with Crippen LogP contribution in [0.5, 0.6) is 0 Å². The number of primary amides is 1. The van der Waals surface area contributed by atoms with Gasteiger partial charge in [0.2, 0.25) is 11.2 Å². The van der Waals surface area contributed by atoms with Crippen molar-refractivity contribution < 1.29 is 34.1 Å². The fraction of sp³-hybridized carbons (Fsp3) is 0.227. The second-order valence-corrected chi connectivity index (χ2v) is 14.6. The van der Waals surface area contributed by atoms with E-state index in [1.165, 1.54) is 19.2 Å². The predicted molar refractivity (Wildman–Crippen MR) is 231 cm³/mol. The summed E-state index contributed by atoms with van der Waals surface area (Å²) < 4.78 is 7.94. The summed E-state index contributed by atoms with van der Waals surface area (Å²) in [5, 5.41) is 29.3. The first kappa shape index (κ1) is 43.6. The third-order valence-corrected chi connectivity index (χ3v) is 10.1. The lowest BCUT2D eigenvalue weighted by atomic mass is 10.0. The van der Waals surface area contributed by atoms with E-state index in [1.54, 1.807) is 106 Å². The minimum atomic E-state index is -1.70. The van der Waals surface area contributed by atoms with Crippen LogP contribution in [0.4, 0.5) is 11.4 Å². The Labute approximate surface area is 365 Å². The molecular weight excluding hydrogens is 823 g/mol. The zero-order chi connectivity index (χ0) is 45.8. The molecule has 6 aromatic rings. The van der Waals surface area contributed by atoms with Crippen molar-refractivity contribution in [2.45, 2.75) is 31.0 Å². The fourth-order valence-electron chi connectivity index (χ4n) is 6.62. The van der Waals surface area contributed by atoms with E-state index < -0.39 is 34.9 Å². The highest BCUT2D eigenvalue weighted by Gasteiger charge is 2.43. The van der Waals surface area contributed by atoms with Crippen LogP contribution in [-0.4, -0.2) is 128 Å². The molecule has 2 fully saturated rings. The minimum Gasteiger partial charge on any atom is -0.461 e. The Bertz CT molecular complexity index is 2920. The number of carbonyl (C=O) groups is 4. The topological polar surface area (TPSA) is 290 Å². The zero-order valence-corrected chi connectivity index (χ0v) is 34.8. The molecule has 6 heterocycles. The number of carbonyl (C=O) groups excluding carboxylic acids is 4. The monoisotopic (exact) mass is 863 g/mol. The van der Waals surface area contributed by atoms with Crippen LogP contribution in [0, 0.1) is 23.7 Å². The zero-order valence-electron chi connectivity index (χ0n) is 34.8. The van der Waals surface area contributed by atoms with Gasteiger partial charge < -0.3 is 42.0 Å². The predicted octanol–water partition coefficient (Wildman–Crippen LogP) is 0.988. The van der Waals surface area contributed by atoms with Gasteiger partial charge in [0.25, 0.3) is 17.7 Å². The molecule has 0 saturated carbocycles. The summed E-state index contributed by atoms with van der Waals surface area (Å²) in [7, 11) is 3.24. The van der Waals surface area contributed by atoms with Crippen LogP contribution in [0.15, 0.2) is 85.5 Å². The van der Waals surface area contributed by atoms with Crippen LogP contribution in [-0.2, 0) is 14.3 Å². The molecule has 0 unspecified atom stereocenters. The van der Waals surface area contributed by atoms with Gasteiger partial charge in [0.05, 0.1) is 6.61 Å². The highest BCUT2D eigenvalue weighted by atomic mass is 16.5. The van der Waals surface area contributed by atoms with E-state index in [0.29, 0.717) is 35.3 Å². The van der Waals surface area contributed by atoms with Crippen LogP contribution < -0.4 is 17.2 Å². The van der Waals surface area contributed by atoms with Crippen LogP contribution in [0.3, 0.4) is 0 Å². The molecule has 2 aliphatic rings. The SMILES string of the molecule is CCOC(=O)c1nc(-c2cccc(C#C[C@]3(O)CCN(C)C3=O)c2)nc(-n2cccn2)c1N.CN1CC[C@@](O)(C#Cc2cccc(-c3nc(C(N)=O)c(N)c(-n4cccn4)n3)c2)C1=O. The number of aromatic nitrogens is 8. The number of rotatable bonds is 7. The van der Waals surface area contributed by atoms with Crippen LogP contribution in [0.1, 0.15) is 51.9 Å². The van der Waals surface area contributed by atoms with Gasteiger partial charge in [-0.05, 0) is 43.3 Å². The van der Waals surface area contributed by atoms with Crippen molar-refractivity contribution >= 4 is 35.1 Å². The van der Waals surface area contributed by atoms with Gasteiger partial charge in [0, 0.05) is 87.1 Å². The van der Waals surface area contributed by atoms with Gasteiger partial charge in [0.1, 0.15) is 11.4 Å². The molecule has 8 rings (SSSR count). The molecule has 0 radical (unpaired) electrons. The Balaban J connectivity index is 0.000000192.